The summed E-state index contributed by atoms with van der Waals surface area (Å²) in [7, 11) is 0. The van der Waals surface area contributed by atoms with Crippen molar-refractivity contribution in [2.45, 2.75) is 0 Å². The molecule has 0 unspecified atom stereocenters. The Bertz CT molecular complexity index is 964. The van der Waals surface area contributed by atoms with Crippen molar-refractivity contribution in [3.8, 4) is 11.8 Å². The zero-order valence-electron chi connectivity index (χ0n) is 14.0. The molecular weight excluding hydrogens is 414 g/mol. The summed E-state index contributed by atoms with van der Waals surface area (Å²) in [6.45, 7) is 3.92. The average Bonchev–Trinajstić information content (AvgIpc) is 2.65. The van der Waals surface area contributed by atoms with Gasteiger partial charge in [-0.05, 0) is 45.8 Å². The highest BCUT2D eigenvalue weighted by molar-refractivity contribution is 9.10. The van der Waals surface area contributed by atoms with Crippen LogP contribution >= 0.6 is 15.9 Å². The minimum absolute atomic E-state index is 0.145. The van der Waals surface area contributed by atoms with Gasteiger partial charge in [-0.25, -0.2) is 0 Å². The smallest absolute Gasteiger partial charge is 0.271 e. The van der Waals surface area contributed by atoms with Crippen LogP contribution in [0.1, 0.15) is 5.56 Å². The lowest BCUT2D eigenvalue weighted by molar-refractivity contribution is -0.384. The summed E-state index contributed by atoms with van der Waals surface area (Å²) in [6.07, 6.45) is 3.03. The molecule has 2 rings (SSSR count). The highest BCUT2D eigenvalue weighted by atomic mass is 79.9. The standard InChI is InChI=1S/C19H14BrN3O4/c1-2-8-27-18-7-6-13(10-17(18)20)9-14(12-21)19(24)22-15-4-3-5-16(11-15)23(25)26/h2-7,9-11H,1,8H2,(H,22,24)/b14-9+. The predicted octanol–water partition coefficient (Wildman–Crippen LogP) is 4.47. The van der Waals surface area contributed by atoms with Crippen LogP contribution in [-0.2, 0) is 4.79 Å². The van der Waals surface area contributed by atoms with Crippen LogP contribution in [0.4, 0.5) is 11.4 Å². The first-order valence-corrected chi connectivity index (χ1v) is 8.44. The Morgan fingerprint density at radius 1 is 1.37 bits per heavy atom. The van der Waals surface area contributed by atoms with Crippen molar-refractivity contribution in [1.82, 2.24) is 0 Å². The Hall–Kier alpha value is -3.44. The number of non-ortho nitro benzene ring substituents is 1. The second-order valence-electron chi connectivity index (χ2n) is 5.22. The van der Waals surface area contributed by atoms with Crippen LogP contribution in [-0.4, -0.2) is 17.4 Å². The second kappa shape index (κ2) is 9.31. The fourth-order valence-corrected chi connectivity index (χ4v) is 2.59. The Morgan fingerprint density at radius 3 is 2.78 bits per heavy atom. The van der Waals surface area contributed by atoms with Gasteiger partial charge < -0.3 is 10.1 Å². The maximum Gasteiger partial charge on any atom is 0.271 e. The number of nitro groups is 1. The molecule has 0 aliphatic heterocycles. The Morgan fingerprint density at radius 2 is 2.15 bits per heavy atom. The number of nitro benzene ring substituents is 1. The first-order valence-electron chi connectivity index (χ1n) is 7.65. The van der Waals surface area contributed by atoms with Gasteiger partial charge in [-0.3, -0.25) is 14.9 Å². The Labute approximate surface area is 163 Å². The SMILES string of the molecule is C=CCOc1ccc(/C=C(\C#N)C(=O)Nc2cccc([N+](=O)[O-])c2)cc1Br. The van der Waals surface area contributed by atoms with Crippen molar-refractivity contribution in [3.05, 3.63) is 80.8 Å². The highest BCUT2D eigenvalue weighted by Crippen LogP contribution is 2.27. The molecule has 0 fully saturated rings. The molecule has 0 saturated carbocycles. The van der Waals surface area contributed by atoms with Gasteiger partial charge in [0.2, 0.25) is 0 Å². The zero-order chi connectivity index (χ0) is 19.8. The van der Waals surface area contributed by atoms with E-state index in [-0.39, 0.29) is 16.9 Å². The number of carbonyl (C=O) groups is 1. The van der Waals surface area contributed by atoms with Crippen molar-refractivity contribution in [2.75, 3.05) is 11.9 Å². The molecule has 0 aliphatic carbocycles. The molecule has 0 bridgehead atoms. The third-order valence-electron chi connectivity index (χ3n) is 3.30. The molecule has 1 N–H and O–H groups in total. The van der Waals surface area contributed by atoms with Crippen molar-refractivity contribution in [3.63, 3.8) is 0 Å². The summed E-state index contributed by atoms with van der Waals surface area (Å²) in [6, 6.07) is 12.4. The number of rotatable bonds is 7. The summed E-state index contributed by atoms with van der Waals surface area (Å²) in [4.78, 5) is 22.5. The van der Waals surface area contributed by atoms with Gasteiger partial charge in [0.05, 0.1) is 9.40 Å². The summed E-state index contributed by atoms with van der Waals surface area (Å²) < 4.78 is 6.11. The van der Waals surface area contributed by atoms with E-state index < -0.39 is 10.8 Å². The van der Waals surface area contributed by atoms with Crippen LogP contribution in [0.5, 0.6) is 5.75 Å². The lowest BCUT2D eigenvalue weighted by Crippen LogP contribution is -2.13. The molecule has 0 atom stereocenters. The molecule has 7 nitrogen and oxygen atoms in total. The molecule has 1 amide bonds. The molecule has 8 heteroatoms. The minimum Gasteiger partial charge on any atom is -0.488 e. The monoisotopic (exact) mass is 427 g/mol. The van der Waals surface area contributed by atoms with Crippen LogP contribution < -0.4 is 10.1 Å². The van der Waals surface area contributed by atoms with Gasteiger partial charge in [0.15, 0.2) is 0 Å². The van der Waals surface area contributed by atoms with E-state index in [1.807, 2.05) is 6.07 Å². The molecule has 2 aromatic rings. The Kier molecular flexibility index (Phi) is 6.86. The van der Waals surface area contributed by atoms with Gasteiger partial charge in [-0.2, -0.15) is 5.26 Å². The van der Waals surface area contributed by atoms with Crippen LogP contribution in [0.3, 0.4) is 0 Å². The molecule has 136 valence electrons. The van der Waals surface area contributed by atoms with E-state index in [0.29, 0.717) is 22.4 Å². The number of benzene rings is 2. The van der Waals surface area contributed by atoms with Gasteiger partial charge in [-0.15, -0.1) is 0 Å². The van der Waals surface area contributed by atoms with E-state index in [4.69, 9.17) is 4.74 Å². The average molecular weight is 428 g/mol. The molecule has 2 aromatic carbocycles. The number of hydrogen-bond acceptors (Lipinski definition) is 5. The first-order chi connectivity index (χ1) is 12.9. The van der Waals surface area contributed by atoms with Crippen LogP contribution in [0, 0.1) is 21.4 Å². The van der Waals surface area contributed by atoms with E-state index >= 15 is 0 Å². The maximum absolute atomic E-state index is 12.3. The zero-order valence-corrected chi connectivity index (χ0v) is 15.6. The van der Waals surface area contributed by atoms with Gasteiger partial charge in [0.25, 0.3) is 11.6 Å². The van der Waals surface area contributed by atoms with Crippen molar-refractivity contribution < 1.29 is 14.5 Å². The topological polar surface area (TPSA) is 105 Å². The van der Waals surface area contributed by atoms with Gasteiger partial charge >= 0.3 is 0 Å². The normalized spacial score (nSPS) is 10.6. The van der Waals surface area contributed by atoms with Crippen molar-refractivity contribution >= 4 is 39.3 Å². The van der Waals surface area contributed by atoms with Gasteiger partial charge in [-0.1, -0.05) is 24.8 Å². The first kappa shape index (κ1) is 19.9. The number of halogens is 1. The number of hydrogen-bond donors (Lipinski definition) is 1. The van der Waals surface area contributed by atoms with Gasteiger partial charge in [0, 0.05) is 17.8 Å². The highest BCUT2D eigenvalue weighted by Gasteiger charge is 2.12. The van der Waals surface area contributed by atoms with E-state index in [0.717, 1.165) is 0 Å². The number of nitrogens with one attached hydrogen (secondary N) is 1. The molecule has 0 aliphatic rings. The third kappa shape index (κ3) is 5.52. The van der Waals surface area contributed by atoms with Gasteiger partial charge in [0.1, 0.15) is 24.0 Å². The molecule has 0 spiro atoms. The van der Waals surface area contributed by atoms with E-state index in [2.05, 4.69) is 27.8 Å². The molecule has 0 heterocycles. The fourth-order valence-electron chi connectivity index (χ4n) is 2.08. The maximum atomic E-state index is 12.3. The molecule has 0 saturated heterocycles. The number of nitrogens with zero attached hydrogens (tertiary/aromatic N) is 2. The van der Waals surface area contributed by atoms with Crippen molar-refractivity contribution in [1.29, 1.82) is 5.26 Å². The van der Waals surface area contributed by atoms with E-state index in [1.54, 1.807) is 24.3 Å². The Balaban J connectivity index is 2.20. The second-order valence-corrected chi connectivity index (χ2v) is 6.08. The van der Waals surface area contributed by atoms with E-state index in [9.17, 15) is 20.2 Å². The quantitative estimate of drug-likeness (QED) is 0.230. The number of carbonyl (C=O) groups excluding carboxylic acids is 1. The van der Waals surface area contributed by atoms with E-state index in [1.165, 1.54) is 30.3 Å². The molecular formula is C19H14BrN3O4. The predicted molar refractivity (Wildman–Crippen MR) is 105 cm³/mol. The summed E-state index contributed by atoms with van der Waals surface area (Å²) >= 11 is 3.37. The number of amides is 1. The third-order valence-corrected chi connectivity index (χ3v) is 3.92. The molecule has 27 heavy (non-hydrogen) atoms. The number of nitriles is 1. The summed E-state index contributed by atoms with van der Waals surface area (Å²) in [5, 5.41) is 22.6. The molecule has 0 aromatic heterocycles. The van der Waals surface area contributed by atoms with Crippen LogP contribution in [0.25, 0.3) is 6.08 Å². The van der Waals surface area contributed by atoms with Crippen LogP contribution in [0.15, 0.2) is 65.2 Å². The minimum atomic E-state index is -0.666. The largest absolute Gasteiger partial charge is 0.488 e. The summed E-state index contributed by atoms with van der Waals surface area (Å²) in [5.74, 6) is -0.0623. The lowest BCUT2D eigenvalue weighted by Gasteiger charge is -2.07. The lowest BCUT2D eigenvalue weighted by atomic mass is 10.1. The van der Waals surface area contributed by atoms with Crippen molar-refractivity contribution in [2.24, 2.45) is 0 Å². The number of ether oxygens (including phenoxy) is 1. The fraction of sp³-hybridized carbons (Fsp3) is 0.0526. The number of anilines is 1. The van der Waals surface area contributed by atoms with Crippen LogP contribution in [0.2, 0.25) is 0 Å². The molecule has 0 radical (unpaired) electrons. The summed E-state index contributed by atoms with van der Waals surface area (Å²) in [5.41, 5.74) is 0.533.